The van der Waals surface area contributed by atoms with Crippen LogP contribution in [0, 0.1) is 0 Å². The molecule has 0 aliphatic carbocycles. The number of aromatic nitrogens is 3. The molecule has 9 rings (SSSR count). The van der Waals surface area contributed by atoms with Crippen molar-refractivity contribution in [2.45, 2.75) is 6.92 Å². The van der Waals surface area contributed by atoms with E-state index in [1.165, 1.54) is 27.1 Å². The van der Waals surface area contributed by atoms with Gasteiger partial charge in [-0.05, 0) is 66.6 Å². The molecule has 0 saturated heterocycles. The van der Waals surface area contributed by atoms with Crippen molar-refractivity contribution >= 4 is 60.9 Å². The third-order valence-corrected chi connectivity index (χ3v) is 9.53. The molecular formula is C46H33N5. The fourth-order valence-electron chi connectivity index (χ4n) is 7.06. The van der Waals surface area contributed by atoms with Crippen molar-refractivity contribution in [2.24, 2.45) is 9.98 Å². The molecule has 3 heterocycles. The second kappa shape index (κ2) is 12.6. The van der Waals surface area contributed by atoms with Crippen LogP contribution in [0.15, 0.2) is 187 Å². The van der Waals surface area contributed by atoms with Gasteiger partial charge >= 0.3 is 0 Å². The van der Waals surface area contributed by atoms with Gasteiger partial charge in [0.15, 0.2) is 5.84 Å². The molecule has 5 nitrogen and oxygen atoms in total. The van der Waals surface area contributed by atoms with Crippen molar-refractivity contribution in [2.75, 3.05) is 0 Å². The lowest BCUT2D eigenvalue weighted by Gasteiger charge is -2.11. The van der Waals surface area contributed by atoms with Gasteiger partial charge in [0.2, 0.25) is 0 Å². The molecule has 0 N–H and O–H groups in total. The molecule has 9 aromatic rings. The standard InChI is InChI=1S/C46H33N5/c1-31(33-16-6-3-7-17-33)48-46(49-32(2)34-18-8-4-9-19-34)35-26-27-45(47-30-35)51-42-25-15-13-23-38(42)40-28-39-37-22-12-14-24-41(37)50(43(39)29-44(40)51)36-20-10-5-11-21-36/h3-30H,1H2,2H3. The first-order valence-corrected chi connectivity index (χ1v) is 17.1. The molecule has 0 atom stereocenters. The summed E-state index contributed by atoms with van der Waals surface area (Å²) in [5.74, 6) is 1.37. The first-order valence-electron chi connectivity index (χ1n) is 17.1. The summed E-state index contributed by atoms with van der Waals surface area (Å²) >= 11 is 0. The minimum Gasteiger partial charge on any atom is -0.309 e. The molecule has 0 saturated carbocycles. The van der Waals surface area contributed by atoms with Crippen LogP contribution >= 0.6 is 0 Å². The normalized spacial score (nSPS) is 12.3. The van der Waals surface area contributed by atoms with Gasteiger partial charge in [-0.2, -0.15) is 0 Å². The van der Waals surface area contributed by atoms with Gasteiger partial charge in [-0.15, -0.1) is 0 Å². The molecule has 0 aliphatic heterocycles. The highest BCUT2D eigenvalue weighted by Gasteiger charge is 2.19. The topological polar surface area (TPSA) is 47.5 Å². The van der Waals surface area contributed by atoms with Gasteiger partial charge in [0.1, 0.15) is 5.82 Å². The van der Waals surface area contributed by atoms with Gasteiger partial charge in [-0.25, -0.2) is 15.0 Å². The van der Waals surface area contributed by atoms with Gasteiger partial charge in [0, 0.05) is 44.7 Å². The minimum absolute atomic E-state index is 0.556. The zero-order valence-corrected chi connectivity index (χ0v) is 28.1. The number of aliphatic imine (C=N–C) groups is 2. The Labute approximate surface area is 295 Å². The van der Waals surface area contributed by atoms with Crippen LogP contribution in [0.3, 0.4) is 0 Å². The largest absolute Gasteiger partial charge is 0.309 e. The Bertz CT molecular complexity index is 2790. The lowest BCUT2D eigenvalue weighted by Crippen LogP contribution is -2.06. The zero-order chi connectivity index (χ0) is 34.3. The molecule has 0 fully saturated rings. The number of para-hydroxylation sites is 3. The number of benzene rings is 6. The lowest BCUT2D eigenvalue weighted by atomic mass is 10.1. The predicted molar refractivity (Wildman–Crippen MR) is 214 cm³/mol. The lowest BCUT2D eigenvalue weighted by molar-refractivity contribution is 1.08. The second-order valence-electron chi connectivity index (χ2n) is 12.6. The van der Waals surface area contributed by atoms with E-state index in [0.29, 0.717) is 11.5 Å². The summed E-state index contributed by atoms with van der Waals surface area (Å²) in [6.07, 6.45) is 1.87. The fraction of sp³-hybridized carbons (Fsp3) is 0.0217. The SMILES string of the molecule is C=C(N=C(N=C(C)c1ccccc1)c1ccc(-n2c3ccccc3c3cc4c5ccccc5n(-c5ccccc5)c4cc32)nc1)c1ccccc1. The number of pyridine rings is 1. The quantitative estimate of drug-likeness (QED) is 0.130. The molecule has 242 valence electrons. The van der Waals surface area contributed by atoms with Crippen LogP contribution in [0.1, 0.15) is 23.6 Å². The summed E-state index contributed by atoms with van der Waals surface area (Å²) in [6, 6.07) is 56.7. The van der Waals surface area contributed by atoms with E-state index in [1.807, 2.05) is 61.7 Å². The molecule has 0 aliphatic rings. The van der Waals surface area contributed by atoms with Crippen molar-refractivity contribution in [1.82, 2.24) is 14.1 Å². The summed E-state index contributed by atoms with van der Waals surface area (Å²) < 4.78 is 4.62. The molecule has 0 unspecified atom stereocenters. The van der Waals surface area contributed by atoms with Crippen LogP contribution in [-0.2, 0) is 0 Å². The average molecular weight is 656 g/mol. The summed E-state index contributed by atoms with van der Waals surface area (Å²) in [7, 11) is 0. The van der Waals surface area contributed by atoms with E-state index in [4.69, 9.17) is 15.0 Å². The van der Waals surface area contributed by atoms with Gasteiger partial charge in [-0.3, -0.25) is 4.57 Å². The Morgan fingerprint density at radius 2 is 1.04 bits per heavy atom. The van der Waals surface area contributed by atoms with Gasteiger partial charge in [0.25, 0.3) is 0 Å². The highest BCUT2D eigenvalue weighted by molar-refractivity contribution is 6.19. The Hall–Kier alpha value is -6.85. The van der Waals surface area contributed by atoms with Crippen LogP contribution < -0.4 is 0 Å². The number of amidine groups is 1. The van der Waals surface area contributed by atoms with Crippen LogP contribution in [0.2, 0.25) is 0 Å². The number of hydrogen-bond donors (Lipinski definition) is 0. The van der Waals surface area contributed by atoms with Crippen molar-refractivity contribution in [3.8, 4) is 11.5 Å². The number of rotatable bonds is 6. The maximum Gasteiger partial charge on any atom is 0.161 e. The van der Waals surface area contributed by atoms with Gasteiger partial charge in [0.05, 0.1) is 27.8 Å². The molecular weight excluding hydrogens is 623 g/mol. The Balaban J connectivity index is 1.22. The van der Waals surface area contributed by atoms with E-state index >= 15 is 0 Å². The number of fused-ring (bicyclic) bond motifs is 6. The van der Waals surface area contributed by atoms with E-state index < -0.39 is 0 Å². The molecule has 0 spiro atoms. The van der Waals surface area contributed by atoms with Gasteiger partial charge < -0.3 is 4.57 Å². The highest BCUT2D eigenvalue weighted by Crippen LogP contribution is 2.39. The number of nitrogens with zero attached hydrogens (tertiary/aromatic N) is 5. The molecule has 0 amide bonds. The summed E-state index contributed by atoms with van der Waals surface area (Å²) in [6.45, 7) is 6.29. The van der Waals surface area contributed by atoms with Crippen LogP contribution in [-0.4, -0.2) is 25.7 Å². The van der Waals surface area contributed by atoms with Crippen LogP contribution in [0.5, 0.6) is 0 Å². The van der Waals surface area contributed by atoms with E-state index in [0.717, 1.165) is 50.5 Å². The molecule has 0 bridgehead atoms. The summed E-state index contributed by atoms with van der Waals surface area (Å²) in [5, 5.41) is 4.82. The molecule has 5 heteroatoms. The average Bonchev–Trinajstić information content (AvgIpc) is 3.69. The summed E-state index contributed by atoms with van der Waals surface area (Å²) in [5.41, 5.74) is 9.92. The fourth-order valence-corrected chi connectivity index (χ4v) is 7.06. The summed E-state index contributed by atoms with van der Waals surface area (Å²) in [4.78, 5) is 15.1. The van der Waals surface area contributed by atoms with E-state index in [1.54, 1.807) is 0 Å². The van der Waals surface area contributed by atoms with Crippen LogP contribution in [0.25, 0.3) is 60.8 Å². The van der Waals surface area contributed by atoms with E-state index in [9.17, 15) is 0 Å². The smallest absolute Gasteiger partial charge is 0.161 e. The maximum absolute atomic E-state index is 5.08. The molecule has 3 aromatic heterocycles. The Morgan fingerprint density at radius 3 is 1.67 bits per heavy atom. The van der Waals surface area contributed by atoms with Crippen molar-refractivity contribution in [3.63, 3.8) is 0 Å². The number of hydrogen-bond acceptors (Lipinski definition) is 2. The zero-order valence-electron chi connectivity index (χ0n) is 28.1. The van der Waals surface area contributed by atoms with Crippen molar-refractivity contribution < 1.29 is 0 Å². The van der Waals surface area contributed by atoms with Crippen molar-refractivity contribution in [1.29, 1.82) is 0 Å². The molecule has 6 aromatic carbocycles. The predicted octanol–water partition coefficient (Wildman–Crippen LogP) is 11.2. The Kier molecular flexibility index (Phi) is 7.44. The second-order valence-corrected chi connectivity index (χ2v) is 12.6. The van der Waals surface area contributed by atoms with Crippen molar-refractivity contribution in [3.05, 3.63) is 193 Å². The molecule has 51 heavy (non-hydrogen) atoms. The third-order valence-electron chi connectivity index (χ3n) is 9.53. The Morgan fingerprint density at radius 1 is 0.490 bits per heavy atom. The minimum atomic E-state index is 0.556. The van der Waals surface area contributed by atoms with E-state index in [2.05, 4.69) is 131 Å². The van der Waals surface area contributed by atoms with Gasteiger partial charge in [-0.1, -0.05) is 122 Å². The van der Waals surface area contributed by atoms with Crippen LogP contribution in [0.4, 0.5) is 0 Å². The highest BCUT2D eigenvalue weighted by atomic mass is 15.1. The monoisotopic (exact) mass is 655 g/mol. The first kappa shape index (κ1) is 30.2. The first-order chi connectivity index (χ1) is 25.1. The molecule has 0 radical (unpaired) electrons. The van der Waals surface area contributed by atoms with E-state index in [-0.39, 0.29) is 0 Å². The third kappa shape index (κ3) is 5.32. The maximum atomic E-state index is 5.08.